The van der Waals surface area contributed by atoms with Gasteiger partial charge in [0.2, 0.25) is 11.0 Å². The summed E-state index contributed by atoms with van der Waals surface area (Å²) < 4.78 is 37.8. The maximum Gasteiger partial charge on any atom is 0.391 e. The summed E-state index contributed by atoms with van der Waals surface area (Å²) in [7, 11) is 0. The molecule has 1 heterocycles. The third-order valence-corrected chi connectivity index (χ3v) is 3.70. The van der Waals surface area contributed by atoms with Crippen LogP contribution in [-0.2, 0) is 4.79 Å². The number of hydrogen-bond donors (Lipinski definition) is 1. The van der Waals surface area contributed by atoms with Crippen LogP contribution in [0.3, 0.4) is 0 Å². The van der Waals surface area contributed by atoms with Gasteiger partial charge in [0.15, 0.2) is 0 Å². The third kappa shape index (κ3) is 3.18. The van der Waals surface area contributed by atoms with E-state index < -0.39 is 18.0 Å². The number of nitrogens with zero attached hydrogens (tertiary/aromatic N) is 2. The van der Waals surface area contributed by atoms with Crippen LogP contribution in [0.15, 0.2) is 5.51 Å². The van der Waals surface area contributed by atoms with E-state index in [1.165, 1.54) is 5.51 Å². The maximum atomic E-state index is 12.6. The number of aromatic nitrogens is 2. The minimum Gasteiger partial charge on any atom is -0.300 e. The Morgan fingerprint density at radius 2 is 2.22 bits per heavy atom. The lowest BCUT2D eigenvalue weighted by Crippen LogP contribution is -2.34. The van der Waals surface area contributed by atoms with Crippen LogP contribution in [0.25, 0.3) is 0 Å². The van der Waals surface area contributed by atoms with Gasteiger partial charge in [-0.05, 0) is 19.3 Å². The molecule has 0 aromatic carbocycles. The molecule has 0 aliphatic heterocycles. The molecule has 1 fully saturated rings. The highest BCUT2D eigenvalue weighted by atomic mass is 32.1. The van der Waals surface area contributed by atoms with Crippen molar-refractivity contribution >= 4 is 22.4 Å². The van der Waals surface area contributed by atoms with Gasteiger partial charge < -0.3 is 5.32 Å². The zero-order valence-corrected chi connectivity index (χ0v) is 10.2. The van der Waals surface area contributed by atoms with Crippen LogP contribution in [0.1, 0.15) is 25.7 Å². The lowest BCUT2D eigenvalue weighted by molar-refractivity contribution is -0.185. The predicted molar refractivity (Wildman–Crippen MR) is 60.0 cm³/mol. The van der Waals surface area contributed by atoms with E-state index in [-0.39, 0.29) is 18.7 Å². The number of nitrogens with one attached hydrogen (secondary N) is 1. The smallest absolute Gasteiger partial charge is 0.300 e. The van der Waals surface area contributed by atoms with E-state index in [1.807, 2.05) is 0 Å². The van der Waals surface area contributed by atoms with Crippen molar-refractivity contribution in [2.45, 2.75) is 31.9 Å². The second-order valence-electron chi connectivity index (χ2n) is 4.34. The van der Waals surface area contributed by atoms with Gasteiger partial charge in [0, 0.05) is 5.92 Å². The first-order valence-corrected chi connectivity index (χ1v) is 6.48. The van der Waals surface area contributed by atoms with Gasteiger partial charge in [-0.1, -0.05) is 17.8 Å². The lowest BCUT2D eigenvalue weighted by Gasteiger charge is -2.29. The number of alkyl halides is 3. The summed E-state index contributed by atoms with van der Waals surface area (Å²) in [6, 6.07) is 0. The standard InChI is InChI=1S/C10H12F3N3OS/c11-10(12,13)7-3-1-2-6(4-7)8(17)15-9-16-14-5-18-9/h5-7H,1-4H2,(H,15,16,17)/t6-,7+/m0/s1. The van der Waals surface area contributed by atoms with Gasteiger partial charge in [0.25, 0.3) is 0 Å². The van der Waals surface area contributed by atoms with Crippen LogP contribution < -0.4 is 5.32 Å². The fourth-order valence-electron chi connectivity index (χ4n) is 2.16. The number of anilines is 1. The molecule has 1 saturated carbocycles. The highest BCUT2D eigenvalue weighted by Crippen LogP contribution is 2.40. The van der Waals surface area contributed by atoms with Crippen LogP contribution in [0, 0.1) is 11.8 Å². The van der Waals surface area contributed by atoms with E-state index in [4.69, 9.17) is 0 Å². The van der Waals surface area contributed by atoms with Crippen LogP contribution in [0.2, 0.25) is 0 Å². The molecule has 1 amide bonds. The Labute approximate surface area is 106 Å². The maximum absolute atomic E-state index is 12.6. The molecule has 1 aromatic heterocycles. The van der Waals surface area contributed by atoms with E-state index >= 15 is 0 Å². The Morgan fingerprint density at radius 3 is 2.83 bits per heavy atom. The molecule has 0 unspecified atom stereocenters. The molecular formula is C10H12F3N3OS. The van der Waals surface area contributed by atoms with Crippen molar-refractivity contribution in [2.75, 3.05) is 5.32 Å². The Kier molecular flexibility index (Phi) is 3.84. The van der Waals surface area contributed by atoms with Crippen molar-refractivity contribution in [1.29, 1.82) is 0 Å². The van der Waals surface area contributed by atoms with Gasteiger partial charge in [-0.15, -0.1) is 10.2 Å². The number of halogens is 3. The summed E-state index contributed by atoms with van der Waals surface area (Å²) >= 11 is 1.15. The zero-order chi connectivity index (χ0) is 13.2. The van der Waals surface area contributed by atoms with Crippen molar-refractivity contribution in [1.82, 2.24) is 10.2 Å². The molecule has 0 spiro atoms. The number of hydrogen-bond acceptors (Lipinski definition) is 4. The molecule has 2 rings (SSSR count). The largest absolute Gasteiger partial charge is 0.391 e. The van der Waals surface area contributed by atoms with Gasteiger partial charge in [-0.3, -0.25) is 4.79 Å². The molecule has 8 heteroatoms. The second-order valence-corrected chi connectivity index (χ2v) is 5.17. The summed E-state index contributed by atoms with van der Waals surface area (Å²) in [5, 5.41) is 10.0. The van der Waals surface area contributed by atoms with Crippen molar-refractivity contribution in [3.8, 4) is 0 Å². The van der Waals surface area contributed by atoms with Gasteiger partial charge >= 0.3 is 6.18 Å². The van der Waals surface area contributed by atoms with E-state index in [1.54, 1.807) is 0 Å². The molecule has 4 nitrogen and oxygen atoms in total. The highest BCUT2D eigenvalue weighted by molar-refractivity contribution is 7.13. The van der Waals surface area contributed by atoms with Gasteiger partial charge in [0.05, 0.1) is 5.92 Å². The Bertz CT molecular complexity index is 407. The Hall–Kier alpha value is -1.18. The van der Waals surface area contributed by atoms with E-state index in [2.05, 4.69) is 15.5 Å². The van der Waals surface area contributed by atoms with Crippen molar-refractivity contribution in [3.63, 3.8) is 0 Å². The average molecular weight is 279 g/mol. The topological polar surface area (TPSA) is 54.9 Å². The second kappa shape index (κ2) is 5.21. The molecule has 0 bridgehead atoms. The molecule has 0 radical (unpaired) electrons. The molecule has 100 valence electrons. The summed E-state index contributed by atoms with van der Waals surface area (Å²) in [5.41, 5.74) is 1.45. The van der Waals surface area contributed by atoms with Crippen molar-refractivity contribution in [3.05, 3.63) is 5.51 Å². The molecular weight excluding hydrogens is 267 g/mol. The highest BCUT2D eigenvalue weighted by Gasteiger charge is 2.43. The summed E-state index contributed by atoms with van der Waals surface area (Å²) in [6.07, 6.45) is -3.29. The fourth-order valence-corrected chi connectivity index (χ4v) is 2.61. The Morgan fingerprint density at radius 1 is 1.44 bits per heavy atom. The predicted octanol–water partition coefficient (Wildman–Crippen LogP) is 2.85. The van der Waals surface area contributed by atoms with Crippen LogP contribution in [0.5, 0.6) is 0 Å². The zero-order valence-electron chi connectivity index (χ0n) is 9.41. The first-order chi connectivity index (χ1) is 8.47. The summed E-state index contributed by atoms with van der Waals surface area (Å²) in [4.78, 5) is 11.8. The van der Waals surface area contributed by atoms with Gasteiger partial charge in [0.1, 0.15) is 5.51 Å². The summed E-state index contributed by atoms with van der Waals surface area (Å²) in [6.45, 7) is 0. The Balaban J connectivity index is 1.94. The SMILES string of the molecule is O=C(Nc1nncs1)[C@H]1CCC[C@@H](C(F)(F)F)C1. The third-order valence-electron chi connectivity index (χ3n) is 3.10. The van der Waals surface area contributed by atoms with E-state index in [9.17, 15) is 18.0 Å². The minimum absolute atomic E-state index is 0.117. The molecule has 1 aliphatic rings. The first-order valence-electron chi connectivity index (χ1n) is 5.60. The molecule has 1 aromatic rings. The molecule has 2 atom stereocenters. The number of carbonyl (C=O) groups is 1. The van der Waals surface area contributed by atoms with Crippen molar-refractivity contribution in [2.24, 2.45) is 11.8 Å². The van der Waals surface area contributed by atoms with Crippen molar-refractivity contribution < 1.29 is 18.0 Å². The molecule has 0 saturated heterocycles. The monoisotopic (exact) mass is 279 g/mol. The summed E-state index contributed by atoms with van der Waals surface area (Å²) in [5.74, 6) is -2.34. The van der Waals surface area contributed by atoms with E-state index in [0.717, 1.165) is 11.3 Å². The van der Waals surface area contributed by atoms with E-state index in [0.29, 0.717) is 18.0 Å². The van der Waals surface area contributed by atoms with Crippen LogP contribution in [0.4, 0.5) is 18.3 Å². The molecule has 18 heavy (non-hydrogen) atoms. The molecule has 1 aliphatic carbocycles. The normalized spacial score (nSPS) is 24.8. The lowest BCUT2D eigenvalue weighted by atomic mass is 9.80. The quantitative estimate of drug-likeness (QED) is 0.905. The average Bonchev–Trinajstić information content (AvgIpc) is 2.81. The van der Waals surface area contributed by atoms with Gasteiger partial charge in [-0.2, -0.15) is 13.2 Å². The fraction of sp³-hybridized carbons (Fsp3) is 0.700. The molecule has 1 N–H and O–H groups in total. The van der Waals surface area contributed by atoms with Crippen LogP contribution >= 0.6 is 11.3 Å². The number of rotatable bonds is 2. The minimum atomic E-state index is -4.21. The first kappa shape index (κ1) is 13.3. The number of amides is 1. The number of carbonyl (C=O) groups excluding carboxylic acids is 1. The van der Waals surface area contributed by atoms with Gasteiger partial charge in [-0.25, -0.2) is 0 Å². The van der Waals surface area contributed by atoms with Crippen LogP contribution in [-0.4, -0.2) is 22.3 Å².